The van der Waals surface area contributed by atoms with Crippen LogP contribution in [0.2, 0.25) is 5.02 Å². The van der Waals surface area contributed by atoms with Crippen molar-refractivity contribution in [3.8, 4) is 6.07 Å². The van der Waals surface area contributed by atoms with Gasteiger partial charge in [-0.2, -0.15) is 10.4 Å². The van der Waals surface area contributed by atoms with Crippen molar-refractivity contribution >= 4 is 34.9 Å². The van der Waals surface area contributed by atoms with Crippen molar-refractivity contribution in [3.05, 3.63) is 46.6 Å². The molecule has 1 heterocycles. The smallest absolute Gasteiger partial charge is 0.226 e. The summed E-state index contributed by atoms with van der Waals surface area (Å²) in [6, 6.07) is 9.38. The predicted molar refractivity (Wildman–Crippen MR) is 81.5 cm³/mol. The minimum atomic E-state index is -0.274. The number of amides is 1. The molecule has 0 aliphatic rings. The highest BCUT2D eigenvalue weighted by Crippen LogP contribution is 2.18. The van der Waals surface area contributed by atoms with E-state index < -0.39 is 0 Å². The summed E-state index contributed by atoms with van der Waals surface area (Å²) in [6.45, 7) is 0.416. The van der Waals surface area contributed by atoms with Crippen LogP contribution in [-0.2, 0) is 11.3 Å². The summed E-state index contributed by atoms with van der Waals surface area (Å²) < 4.78 is 1.57. The molecule has 2 aromatic rings. The molecule has 0 saturated carbocycles. The first-order valence-electron chi connectivity index (χ1n) is 6.21. The maximum Gasteiger partial charge on any atom is 0.226 e. The van der Waals surface area contributed by atoms with Crippen LogP contribution in [0.5, 0.6) is 0 Å². The summed E-state index contributed by atoms with van der Waals surface area (Å²) in [5.41, 5.74) is 1.18. The molecule has 0 saturated heterocycles. The quantitative estimate of drug-likeness (QED) is 0.860. The fourth-order valence-electron chi connectivity index (χ4n) is 1.76. The topological polar surface area (TPSA) is 70.7 Å². The highest BCUT2D eigenvalue weighted by atomic mass is 35.5. The van der Waals surface area contributed by atoms with Gasteiger partial charge in [0, 0.05) is 23.5 Å². The lowest BCUT2D eigenvalue weighted by Crippen LogP contribution is -2.13. The van der Waals surface area contributed by atoms with Crippen LogP contribution in [0, 0.1) is 11.3 Å². The van der Waals surface area contributed by atoms with Crippen LogP contribution in [0.1, 0.15) is 17.5 Å². The zero-order valence-electron chi connectivity index (χ0n) is 11.0. The molecule has 0 aliphatic carbocycles. The van der Waals surface area contributed by atoms with E-state index in [0.29, 0.717) is 17.1 Å². The molecule has 7 heteroatoms. The molecular formula is C14H12Cl2N4O. The van der Waals surface area contributed by atoms with Gasteiger partial charge in [0.1, 0.15) is 11.6 Å². The van der Waals surface area contributed by atoms with Crippen molar-refractivity contribution in [2.24, 2.45) is 0 Å². The number of nitrogens with zero attached hydrogens (tertiary/aromatic N) is 3. The van der Waals surface area contributed by atoms with E-state index in [4.69, 9.17) is 28.5 Å². The van der Waals surface area contributed by atoms with Gasteiger partial charge in [-0.1, -0.05) is 29.8 Å². The first-order valence-corrected chi connectivity index (χ1v) is 7.12. The molecule has 2 rings (SSSR count). The zero-order chi connectivity index (χ0) is 15.2. The molecule has 0 radical (unpaired) electrons. The fourth-order valence-corrected chi connectivity index (χ4v) is 2.13. The Morgan fingerprint density at radius 2 is 2.19 bits per heavy atom. The third-order valence-corrected chi connectivity index (χ3v) is 3.31. The van der Waals surface area contributed by atoms with Crippen molar-refractivity contribution < 1.29 is 4.79 Å². The average Bonchev–Trinajstić information content (AvgIpc) is 2.83. The summed E-state index contributed by atoms with van der Waals surface area (Å²) in [5, 5.41) is 16.5. The number of anilines is 1. The summed E-state index contributed by atoms with van der Waals surface area (Å²) in [4.78, 5) is 11.5. The summed E-state index contributed by atoms with van der Waals surface area (Å²) in [6.07, 6.45) is 1.74. The summed E-state index contributed by atoms with van der Waals surface area (Å²) in [7, 11) is 0. The van der Waals surface area contributed by atoms with Gasteiger partial charge in [-0.15, -0.1) is 11.6 Å². The molecule has 1 aromatic heterocycles. The number of nitrogens with one attached hydrogen (secondary N) is 1. The molecule has 21 heavy (non-hydrogen) atoms. The van der Waals surface area contributed by atoms with Crippen LogP contribution in [0.3, 0.4) is 0 Å². The Balaban J connectivity index is 2.19. The highest BCUT2D eigenvalue weighted by Gasteiger charge is 2.12. The number of halogens is 2. The second-order valence-electron chi connectivity index (χ2n) is 4.28. The zero-order valence-corrected chi connectivity index (χ0v) is 12.5. The van der Waals surface area contributed by atoms with Crippen LogP contribution in [0.15, 0.2) is 30.5 Å². The van der Waals surface area contributed by atoms with E-state index in [0.717, 1.165) is 5.56 Å². The summed E-state index contributed by atoms with van der Waals surface area (Å²) in [5.74, 6) is 0.179. The molecule has 1 aromatic carbocycles. The third kappa shape index (κ3) is 3.97. The van der Waals surface area contributed by atoms with Crippen LogP contribution in [0.4, 0.5) is 5.82 Å². The van der Waals surface area contributed by atoms with Crippen molar-refractivity contribution in [1.29, 1.82) is 5.26 Å². The number of alkyl halides is 1. The normalized spacial score (nSPS) is 10.1. The van der Waals surface area contributed by atoms with E-state index in [-0.39, 0.29) is 24.0 Å². The van der Waals surface area contributed by atoms with Gasteiger partial charge in [0.2, 0.25) is 5.91 Å². The van der Waals surface area contributed by atoms with Crippen LogP contribution in [-0.4, -0.2) is 21.6 Å². The van der Waals surface area contributed by atoms with Crippen molar-refractivity contribution in [3.63, 3.8) is 0 Å². The minimum absolute atomic E-state index is 0.170. The number of hydrogen-bond acceptors (Lipinski definition) is 3. The predicted octanol–water partition coefficient (Wildman–Crippen LogP) is 3.02. The van der Waals surface area contributed by atoms with Gasteiger partial charge >= 0.3 is 0 Å². The van der Waals surface area contributed by atoms with Gasteiger partial charge in [-0.3, -0.25) is 9.48 Å². The van der Waals surface area contributed by atoms with Crippen LogP contribution < -0.4 is 5.32 Å². The SMILES string of the molecule is N#Cc1cn(Cc2ccccc2Cl)nc1NC(=O)CCCl. The second-order valence-corrected chi connectivity index (χ2v) is 5.06. The lowest BCUT2D eigenvalue weighted by atomic mass is 10.2. The van der Waals surface area contributed by atoms with Crippen molar-refractivity contribution in [2.75, 3.05) is 11.2 Å². The second kappa shape index (κ2) is 7.11. The molecule has 1 N–H and O–H groups in total. The Morgan fingerprint density at radius 1 is 1.43 bits per heavy atom. The van der Waals surface area contributed by atoms with Gasteiger partial charge in [0.25, 0.3) is 0 Å². The Bertz CT molecular complexity index is 691. The Kier molecular flexibility index (Phi) is 5.20. The van der Waals surface area contributed by atoms with E-state index in [2.05, 4.69) is 10.4 Å². The standard InChI is InChI=1S/C14H12Cl2N4O/c15-6-5-13(21)18-14-11(7-17)9-20(19-14)8-10-3-1-2-4-12(10)16/h1-4,9H,5-6,8H2,(H,18,19,21). The Hall–Kier alpha value is -2.03. The van der Waals surface area contributed by atoms with Gasteiger partial charge in [0.05, 0.1) is 6.54 Å². The molecule has 0 aliphatic heterocycles. The van der Waals surface area contributed by atoms with E-state index in [9.17, 15) is 4.79 Å². The summed E-state index contributed by atoms with van der Waals surface area (Å²) >= 11 is 11.6. The minimum Gasteiger partial charge on any atom is -0.308 e. The van der Waals surface area contributed by atoms with Gasteiger partial charge in [-0.25, -0.2) is 0 Å². The number of benzene rings is 1. The van der Waals surface area contributed by atoms with E-state index in [1.54, 1.807) is 16.9 Å². The van der Waals surface area contributed by atoms with Crippen molar-refractivity contribution in [1.82, 2.24) is 9.78 Å². The number of hydrogen-bond donors (Lipinski definition) is 1. The van der Waals surface area contributed by atoms with E-state index in [1.807, 2.05) is 24.3 Å². The van der Waals surface area contributed by atoms with Crippen LogP contribution in [0.25, 0.3) is 0 Å². The number of aromatic nitrogens is 2. The molecule has 108 valence electrons. The van der Waals surface area contributed by atoms with Crippen LogP contribution >= 0.6 is 23.2 Å². The molecule has 0 bridgehead atoms. The molecule has 0 atom stereocenters. The molecular weight excluding hydrogens is 311 g/mol. The number of rotatable bonds is 5. The monoisotopic (exact) mass is 322 g/mol. The lowest BCUT2D eigenvalue weighted by Gasteiger charge is -2.04. The maximum atomic E-state index is 11.5. The number of carbonyl (C=O) groups is 1. The molecule has 5 nitrogen and oxygen atoms in total. The molecule has 0 unspecified atom stereocenters. The first-order chi connectivity index (χ1) is 10.1. The van der Waals surface area contributed by atoms with E-state index in [1.165, 1.54) is 0 Å². The van der Waals surface area contributed by atoms with E-state index >= 15 is 0 Å². The number of carbonyl (C=O) groups excluding carboxylic acids is 1. The highest BCUT2D eigenvalue weighted by molar-refractivity contribution is 6.31. The van der Waals surface area contributed by atoms with Gasteiger partial charge in [0.15, 0.2) is 5.82 Å². The average molecular weight is 323 g/mol. The largest absolute Gasteiger partial charge is 0.308 e. The maximum absolute atomic E-state index is 11.5. The first kappa shape index (κ1) is 15.4. The van der Waals surface area contributed by atoms with Gasteiger partial charge in [-0.05, 0) is 11.6 Å². The Labute approximate surface area is 132 Å². The molecule has 0 fully saturated rings. The molecule has 1 amide bonds. The van der Waals surface area contributed by atoms with Gasteiger partial charge < -0.3 is 5.32 Å². The third-order valence-electron chi connectivity index (χ3n) is 2.75. The Morgan fingerprint density at radius 3 is 2.86 bits per heavy atom. The fraction of sp³-hybridized carbons (Fsp3) is 0.214. The lowest BCUT2D eigenvalue weighted by molar-refractivity contribution is -0.115. The number of nitriles is 1. The van der Waals surface area contributed by atoms with Crippen molar-refractivity contribution in [2.45, 2.75) is 13.0 Å². The molecule has 0 spiro atoms.